The Morgan fingerprint density at radius 2 is 2.38 bits per heavy atom. The topological polar surface area (TPSA) is 17.8 Å². The molecular weight excluding hydrogens is 332 g/mol. The van der Waals surface area contributed by atoms with Gasteiger partial charge in [0.1, 0.15) is 0 Å². The van der Waals surface area contributed by atoms with Crippen LogP contribution >= 0.6 is 31.9 Å². The van der Waals surface area contributed by atoms with Crippen molar-refractivity contribution in [2.24, 2.45) is 0 Å². The summed E-state index contributed by atoms with van der Waals surface area (Å²) in [4.78, 5) is 0.661. The SMILES string of the molecule is CCCn1ncc(Br)c1C1(C)CCC(Br)C1. The normalized spacial score (nSPS) is 29.9. The van der Waals surface area contributed by atoms with Gasteiger partial charge in [-0.2, -0.15) is 5.10 Å². The molecule has 0 bridgehead atoms. The molecule has 1 fully saturated rings. The molecule has 0 spiro atoms. The Hall–Kier alpha value is 0.170. The van der Waals surface area contributed by atoms with E-state index in [9.17, 15) is 0 Å². The van der Waals surface area contributed by atoms with Crippen LogP contribution in [0.5, 0.6) is 0 Å². The zero-order valence-electron chi connectivity index (χ0n) is 9.84. The van der Waals surface area contributed by atoms with Crippen molar-refractivity contribution in [2.75, 3.05) is 0 Å². The molecule has 1 aromatic heterocycles. The summed E-state index contributed by atoms with van der Waals surface area (Å²) in [5.74, 6) is 0. The highest BCUT2D eigenvalue weighted by Crippen LogP contribution is 2.45. The minimum Gasteiger partial charge on any atom is -0.268 e. The zero-order valence-corrected chi connectivity index (χ0v) is 13.0. The Morgan fingerprint density at radius 3 is 2.94 bits per heavy atom. The first kappa shape index (κ1) is 12.6. The molecule has 0 saturated heterocycles. The van der Waals surface area contributed by atoms with Gasteiger partial charge in [-0.3, -0.25) is 4.68 Å². The Bertz CT molecular complexity index is 375. The summed E-state index contributed by atoms with van der Waals surface area (Å²) >= 11 is 7.40. The third-order valence-corrected chi connectivity index (χ3v) is 4.85. The molecule has 0 N–H and O–H groups in total. The van der Waals surface area contributed by atoms with E-state index in [0.29, 0.717) is 4.83 Å². The van der Waals surface area contributed by atoms with Gasteiger partial charge in [-0.25, -0.2) is 0 Å². The quantitative estimate of drug-likeness (QED) is 0.745. The van der Waals surface area contributed by atoms with Crippen molar-refractivity contribution in [3.63, 3.8) is 0 Å². The van der Waals surface area contributed by atoms with Crippen LogP contribution < -0.4 is 0 Å². The number of rotatable bonds is 3. The fourth-order valence-corrected chi connectivity index (χ4v) is 4.45. The second kappa shape index (κ2) is 4.81. The van der Waals surface area contributed by atoms with Gasteiger partial charge in [0.2, 0.25) is 0 Å². The largest absolute Gasteiger partial charge is 0.268 e. The van der Waals surface area contributed by atoms with Gasteiger partial charge in [-0.1, -0.05) is 29.8 Å². The standard InChI is InChI=1S/C12H18Br2N2/c1-3-6-16-11(10(14)8-15-16)12(2)5-4-9(13)7-12/h8-9H,3-7H2,1-2H3. The highest BCUT2D eigenvalue weighted by Gasteiger charge is 2.39. The van der Waals surface area contributed by atoms with Crippen molar-refractivity contribution in [3.8, 4) is 0 Å². The van der Waals surface area contributed by atoms with Crippen LogP contribution in [0.2, 0.25) is 0 Å². The van der Waals surface area contributed by atoms with Crippen molar-refractivity contribution in [2.45, 2.75) is 56.3 Å². The van der Waals surface area contributed by atoms with Gasteiger partial charge >= 0.3 is 0 Å². The van der Waals surface area contributed by atoms with E-state index in [1.165, 1.54) is 29.4 Å². The molecular formula is C12H18Br2N2. The summed E-state index contributed by atoms with van der Waals surface area (Å²) < 4.78 is 3.35. The number of nitrogens with zero attached hydrogens (tertiary/aromatic N) is 2. The van der Waals surface area contributed by atoms with E-state index < -0.39 is 0 Å². The van der Waals surface area contributed by atoms with Crippen molar-refractivity contribution >= 4 is 31.9 Å². The first-order valence-electron chi connectivity index (χ1n) is 5.92. The minimum absolute atomic E-state index is 0.276. The summed E-state index contributed by atoms with van der Waals surface area (Å²) in [6.07, 6.45) is 6.80. The summed E-state index contributed by atoms with van der Waals surface area (Å²) in [6, 6.07) is 0. The lowest BCUT2D eigenvalue weighted by atomic mass is 9.85. The first-order valence-corrected chi connectivity index (χ1v) is 7.63. The lowest BCUT2D eigenvalue weighted by molar-refractivity contribution is 0.426. The molecule has 2 nitrogen and oxygen atoms in total. The lowest BCUT2D eigenvalue weighted by Gasteiger charge is -2.25. The minimum atomic E-state index is 0.276. The Labute approximate surface area is 114 Å². The molecule has 0 aromatic carbocycles. The number of aryl methyl sites for hydroxylation is 1. The third kappa shape index (κ3) is 2.23. The fourth-order valence-electron chi connectivity index (χ4n) is 2.73. The maximum Gasteiger partial charge on any atom is 0.0635 e. The van der Waals surface area contributed by atoms with Gasteiger partial charge in [0.25, 0.3) is 0 Å². The third-order valence-electron chi connectivity index (χ3n) is 3.48. The smallest absolute Gasteiger partial charge is 0.0635 e. The number of hydrogen-bond donors (Lipinski definition) is 0. The Balaban J connectivity index is 2.34. The predicted molar refractivity (Wildman–Crippen MR) is 74.1 cm³/mol. The number of alkyl halides is 1. The molecule has 0 amide bonds. The van der Waals surface area contributed by atoms with E-state index in [1.807, 2.05) is 6.20 Å². The van der Waals surface area contributed by atoms with Crippen molar-refractivity contribution in [1.82, 2.24) is 9.78 Å². The fraction of sp³-hybridized carbons (Fsp3) is 0.750. The molecule has 1 aromatic rings. The average Bonchev–Trinajstić information content (AvgIpc) is 2.73. The van der Waals surface area contributed by atoms with Crippen LogP contribution in [0, 0.1) is 0 Å². The van der Waals surface area contributed by atoms with Crippen molar-refractivity contribution in [1.29, 1.82) is 0 Å². The number of hydrogen-bond acceptors (Lipinski definition) is 1. The number of halogens is 2. The Morgan fingerprint density at radius 1 is 1.62 bits per heavy atom. The maximum absolute atomic E-state index is 4.47. The zero-order chi connectivity index (χ0) is 11.8. The van der Waals surface area contributed by atoms with E-state index in [2.05, 4.69) is 55.5 Å². The van der Waals surface area contributed by atoms with Gasteiger partial charge in [0.15, 0.2) is 0 Å². The Kier molecular flexibility index (Phi) is 3.79. The molecule has 2 rings (SSSR count). The van der Waals surface area contributed by atoms with E-state index in [0.717, 1.165) is 13.0 Å². The summed E-state index contributed by atoms with van der Waals surface area (Å²) in [5.41, 5.74) is 1.66. The maximum atomic E-state index is 4.47. The van der Waals surface area contributed by atoms with Gasteiger partial charge in [-0.15, -0.1) is 0 Å². The van der Waals surface area contributed by atoms with E-state index >= 15 is 0 Å². The summed E-state index contributed by atoms with van der Waals surface area (Å²) in [7, 11) is 0. The van der Waals surface area contributed by atoms with Crippen LogP contribution in [-0.4, -0.2) is 14.6 Å². The molecule has 2 atom stereocenters. The molecule has 2 unspecified atom stereocenters. The van der Waals surface area contributed by atoms with Gasteiger partial charge in [0.05, 0.1) is 16.4 Å². The van der Waals surface area contributed by atoms with Crippen molar-refractivity contribution in [3.05, 3.63) is 16.4 Å². The van der Waals surface area contributed by atoms with E-state index in [4.69, 9.17) is 0 Å². The van der Waals surface area contributed by atoms with Gasteiger partial charge < -0.3 is 0 Å². The molecule has 1 aliphatic carbocycles. The molecule has 90 valence electrons. The molecule has 1 aliphatic rings. The lowest BCUT2D eigenvalue weighted by Crippen LogP contribution is -2.23. The van der Waals surface area contributed by atoms with Crippen molar-refractivity contribution < 1.29 is 0 Å². The number of aromatic nitrogens is 2. The van der Waals surface area contributed by atoms with Gasteiger partial charge in [0, 0.05) is 16.8 Å². The molecule has 0 aliphatic heterocycles. The monoisotopic (exact) mass is 348 g/mol. The molecule has 4 heteroatoms. The van der Waals surface area contributed by atoms with Crippen LogP contribution in [0.15, 0.2) is 10.7 Å². The molecule has 1 heterocycles. The first-order chi connectivity index (χ1) is 7.57. The molecule has 0 radical (unpaired) electrons. The highest BCUT2D eigenvalue weighted by molar-refractivity contribution is 9.10. The van der Waals surface area contributed by atoms with E-state index in [1.54, 1.807) is 0 Å². The summed E-state index contributed by atoms with van der Waals surface area (Å²) in [6.45, 7) is 5.58. The molecule has 16 heavy (non-hydrogen) atoms. The van der Waals surface area contributed by atoms with E-state index in [-0.39, 0.29) is 5.41 Å². The van der Waals surface area contributed by atoms with Crippen LogP contribution in [-0.2, 0) is 12.0 Å². The van der Waals surface area contributed by atoms with Gasteiger partial charge in [-0.05, 0) is 41.6 Å². The average molecular weight is 350 g/mol. The van der Waals surface area contributed by atoms with Crippen LogP contribution in [0.1, 0.15) is 45.2 Å². The second-order valence-corrected chi connectivity index (χ2v) is 7.11. The predicted octanol–water partition coefficient (Wildman–Crippen LogP) is 4.26. The molecule has 1 saturated carbocycles. The van der Waals surface area contributed by atoms with Crippen LogP contribution in [0.4, 0.5) is 0 Å². The summed E-state index contributed by atoms with van der Waals surface area (Å²) in [5, 5.41) is 4.47. The van der Waals surface area contributed by atoms with Crippen LogP contribution in [0.3, 0.4) is 0 Å². The van der Waals surface area contributed by atoms with Crippen LogP contribution in [0.25, 0.3) is 0 Å². The second-order valence-electron chi connectivity index (χ2n) is 4.96. The highest BCUT2D eigenvalue weighted by atomic mass is 79.9.